The number of nitrogens with zero attached hydrogens (tertiary/aromatic N) is 2. The number of carboxylic acids is 1. The van der Waals surface area contributed by atoms with Crippen molar-refractivity contribution in [2.45, 2.75) is 12.3 Å². The van der Waals surface area contributed by atoms with E-state index in [0.29, 0.717) is 6.54 Å². The van der Waals surface area contributed by atoms with Crippen molar-refractivity contribution in [3.8, 4) is 6.07 Å². The van der Waals surface area contributed by atoms with Gasteiger partial charge in [-0.1, -0.05) is 30.3 Å². The number of amides is 1. The molecule has 0 unspecified atom stereocenters. The van der Waals surface area contributed by atoms with Crippen molar-refractivity contribution >= 4 is 11.9 Å². The van der Waals surface area contributed by atoms with Gasteiger partial charge in [-0.2, -0.15) is 5.26 Å². The van der Waals surface area contributed by atoms with Gasteiger partial charge in [0.15, 0.2) is 0 Å². The van der Waals surface area contributed by atoms with E-state index in [1.165, 1.54) is 4.90 Å². The van der Waals surface area contributed by atoms with E-state index in [4.69, 9.17) is 5.26 Å². The van der Waals surface area contributed by atoms with Crippen LogP contribution in [0.5, 0.6) is 0 Å². The molecule has 1 heterocycles. The van der Waals surface area contributed by atoms with Crippen molar-refractivity contribution in [1.82, 2.24) is 4.90 Å². The summed E-state index contributed by atoms with van der Waals surface area (Å²) in [6.45, 7) is 0.539. The Bertz CT molecular complexity index is 521. The van der Waals surface area contributed by atoms with Gasteiger partial charge in [0.25, 0.3) is 0 Å². The SMILES string of the molecule is N#CCC(=O)N1C[C@@H](C(=O)O)[C@H](c2ccccc2)C1. The van der Waals surface area contributed by atoms with Gasteiger partial charge >= 0.3 is 5.97 Å². The molecule has 0 bridgehead atoms. The average Bonchev–Trinajstić information content (AvgIpc) is 2.85. The van der Waals surface area contributed by atoms with Crippen LogP contribution >= 0.6 is 0 Å². The fourth-order valence-electron chi connectivity index (χ4n) is 2.48. The highest BCUT2D eigenvalue weighted by Gasteiger charge is 2.40. The highest BCUT2D eigenvalue weighted by molar-refractivity contribution is 5.81. The third-order valence-corrected chi connectivity index (χ3v) is 3.45. The van der Waals surface area contributed by atoms with E-state index in [-0.39, 0.29) is 24.8 Å². The number of benzene rings is 1. The largest absolute Gasteiger partial charge is 0.481 e. The molecule has 1 amide bonds. The van der Waals surface area contributed by atoms with Gasteiger partial charge in [0.05, 0.1) is 12.0 Å². The van der Waals surface area contributed by atoms with E-state index < -0.39 is 11.9 Å². The van der Waals surface area contributed by atoms with Crippen LogP contribution in [0.2, 0.25) is 0 Å². The lowest BCUT2D eigenvalue weighted by atomic mass is 9.89. The molecule has 1 saturated heterocycles. The minimum atomic E-state index is -0.902. The van der Waals surface area contributed by atoms with Crippen molar-refractivity contribution < 1.29 is 14.7 Å². The molecular formula is C14H14N2O3. The van der Waals surface area contributed by atoms with Crippen molar-refractivity contribution in [2.75, 3.05) is 13.1 Å². The molecule has 98 valence electrons. The maximum atomic E-state index is 11.7. The predicted octanol–water partition coefficient (Wildman–Crippen LogP) is 1.23. The molecule has 0 radical (unpaired) electrons. The fraction of sp³-hybridized carbons (Fsp3) is 0.357. The lowest BCUT2D eigenvalue weighted by Crippen LogP contribution is -2.29. The molecule has 1 aromatic carbocycles. The number of hydrogen-bond acceptors (Lipinski definition) is 3. The molecule has 2 atom stereocenters. The summed E-state index contributed by atoms with van der Waals surface area (Å²) >= 11 is 0. The third-order valence-electron chi connectivity index (χ3n) is 3.45. The summed E-state index contributed by atoms with van der Waals surface area (Å²) in [4.78, 5) is 24.5. The van der Waals surface area contributed by atoms with Crippen LogP contribution in [0.25, 0.3) is 0 Å². The second-order valence-electron chi connectivity index (χ2n) is 4.60. The second kappa shape index (κ2) is 5.53. The van der Waals surface area contributed by atoms with Gasteiger partial charge in [-0.15, -0.1) is 0 Å². The van der Waals surface area contributed by atoms with Crippen LogP contribution in [-0.4, -0.2) is 35.0 Å². The van der Waals surface area contributed by atoms with Crippen molar-refractivity contribution in [3.63, 3.8) is 0 Å². The standard InChI is InChI=1S/C14H14N2O3/c15-7-6-13(17)16-8-11(12(9-16)14(18)19)10-4-2-1-3-5-10/h1-5,11-12H,6,8-9H2,(H,18,19)/t11-,12+/m0/s1. The highest BCUT2D eigenvalue weighted by atomic mass is 16.4. The Kier molecular flexibility index (Phi) is 3.81. The van der Waals surface area contributed by atoms with Gasteiger partial charge in [-0.3, -0.25) is 9.59 Å². The molecule has 1 aromatic rings. The van der Waals surface area contributed by atoms with Crippen molar-refractivity contribution in [3.05, 3.63) is 35.9 Å². The predicted molar refractivity (Wildman–Crippen MR) is 67.1 cm³/mol. The van der Waals surface area contributed by atoms with Gasteiger partial charge in [0, 0.05) is 19.0 Å². The Morgan fingerprint density at radius 2 is 2.00 bits per heavy atom. The molecule has 1 aliphatic rings. The summed E-state index contributed by atoms with van der Waals surface area (Å²) < 4.78 is 0. The number of rotatable bonds is 3. The molecule has 0 aromatic heterocycles. The zero-order valence-corrected chi connectivity index (χ0v) is 10.3. The van der Waals surface area contributed by atoms with Gasteiger partial charge in [-0.25, -0.2) is 0 Å². The Morgan fingerprint density at radius 3 is 2.58 bits per heavy atom. The fourth-order valence-corrected chi connectivity index (χ4v) is 2.48. The first-order valence-electron chi connectivity index (χ1n) is 6.06. The van der Waals surface area contributed by atoms with Crippen molar-refractivity contribution in [2.24, 2.45) is 5.92 Å². The number of likely N-dealkylation sites (tertiary alicyclic amines) is 1. The van der Waals surface area contributed by atoms with Gasteiger partial charge in [0.1, 0.15) is 6.42 Å². The normalized spacial score (nSPS) is 21.9. The molecule has 2 rings (SSSR count). The zero-order valence-electron chi connectivity index (χ0n) is 10.3. The number of carbonyl (C=O) groups excluding carboxylic acids is 1. The average molecular weight is 258 g/mol. The summed E-state index contributed by atoms with van der Waals surface area (Å²) in [6, 6.07) is 11.1. The van der Waals surface area contributed by atoms with E-state index in [9.17, 15) is 14.7 Å². The van der Waals surface area contributed by atoms with Gasteiger partial charge in [-0.05, 0) is 5.56 Å². The minimum Gasteiger partial charge on any atom is -0.481 e. The first-order chi connectivity index (χ1) is 9.13. The summed E-state index contributed by atoms with van der Waals surface area (Å²) in [6.07, 6.45) is -0.201. The van der Waals surface area contributed by atoms with Crippen LogP contribution in [0, 0.1) is 17.2 Å². The molecule has 5 heteroatoms. The molecule has 19 heavy (non-hydrogen) atoms. The van der Waals surface area contributed by atoms with Crippen LogP contribution in [0.15, 0.2) is 30.3 Å². The topological polar surface area (TPSA) is 81.4 Å². The maximum Gasteiger partial charge on any atom is 0.308 e. The molecular weight excluding hydrogens is 244 g/mol. The number of carbonyl (C=O) groups is 2. The monoisotopic (exact) mass is 258 g/mol. The van der Waals surface area contributed by atoms with E-state index >= 15 is 0 Å². The third kappa shape index (κ3) is 2.74. The molecule has 5 nitrogen and oxygen atoms in total. The Hall–Kier alpha value is -2.35. The number of aliphatic carboxylic acids is 1. The van der Waals surface area contributed by atoms with Crippen molar-refractivity contribution in [1.29, 1.82) is 5.26 Å². The molecule has 1 aliphatic heterocycles. The van der Waals surface area contributed by atoms with Gasteiger partial charge < -0.3 is 10.0 Å². The lowest BCUT2D eigenvalue weighted by molar-refractivity contribution is -0.141. The first kappa shape index (κ1) is 13.1. The number of nitriles is 1. The smallest absolute Gasteiger partial charge is 0.308 e. The molecule has 0 aliphatic carbocycles. The highest BCUT2D eigenvalue weighted by Crippen LogP contribution is 2.33. The van der Waals surface area contributed by atoms with E-state index in [1.54, 1.807) is 6.07 Å². The van der Waals surface area contributed by atoms with Crippen LogP contribution in [-0.2, 0) is 9.59 Å². The summed E-state index contributed by atoms with van der Waals surface area (Å²) in [5.41, 5.74) is 0.919. The zero-order chi connectivity index (χ0) is 13.8. The molecule has 0 spiro atoms. The summed E-state index contributed by atoms with van der Waals surface area (Å²) in [5, 5.41) is 17.8. The number of carboxylic acid groups (broad SMARTS) is 1. The second-order valence-corrected chi connectivity index (χ2v) is 4.60. The maximum absolute atomic E-state index is 11.7. The molecule has 1 N–H and O–H groups in total. The quantitative estimate of drug-likeness (QED) is 0.884. The summed E-state index contributed by atoms with van der Waals surface area (Å²) in [7, 11) is 0. The lowest BCUT2D eigenvalue weighted by Gasteiger charge is -2.15. The molecule has 1 fully saturated rings. The Labute approximate surface area is 111 Å². The van der Waals surface area contributed by atoms with Crippen LogP contribution in [0.3, 0.4) is 0 Å². The summed E-state index contributed by atoms with van der Waals surface area (Å²) in [5.74, 6) is -2.01. The van der Waals surface area contributed by atoms with Gasteiger partial charge in [0.2, 0.25) is 5.91 Å². The van der Waals surface area contributed by atoms with E-state index in [0.717, 1.165) is 5.56 Å². The van der Waals surface area contributed by atoms with E-state index in [1.807, 2.05) is 30.3 Å². The van der Waals surface area contributed by atoms with Crippen LogP contribution in [0.1, 0.15) is 17.9 Å². The Morgan fingerprint density at radius 1 is 1.32 bits per heavy atom. The number of hydrogen-bond donors (Lipinski definition) is 1. The first-order valence-corrected chi connectivity index (χ1v) is 6.06. The van der Waals surface area contributed by atoms with Crippen LogP contribution < -0.4 is 0 Å². The van der Waals surface area contributed by atoms with Crippen LogP contribution in [0.4, 0.5) is 0 Å². The Balaban J connectivity index is 2.21. The van der Waals surface area contributed by atoms with E-state index in [2.05, 4.69) is 0 Å². The minimum absolute atomic E-state index is 0.176. The molecule has 0 saturated carbocycles.